The zero-order valence-electron chi connectivity index (χ0n) is 17.7. The lowest BCUT2D eigenvalue weighted by Gasteiger charge is -2.19. The molecule has 0 bridgehead atoms. The van der Waals surface area contributed by atoms with E-state index < -0.39 is 0 Å². The number of aldehydes is 1. The van der Waals surface area contributed by atoms with Gasteiger partial charge in [-0.2, -0.15) is 0 Å². The van der Waals surface area contributed by atoms with Crippen LogP contribution in [0.15, 0.2) is 115 Å². The molecule has 4 rings (SSSR count). The van der Waals surface area contributed by atoms with Crippen molar-refractivity contribution in [1.82, 2.24) is 0 Å². The number of hydrogen-bond acceptors (Lipinski definition) is 3. The van der Waals surface area contributed by atoms with E-state index in [2.05, 4.69) is 12.1 Å². The molecule has 3 aromatic rings. The third-order valence-corrected chi connectivity index (χ3v) is 5.56. The van der Waals surface area contributed by atoms with Crippen LogP contribution >= 0.6 is 0 Å². The van der Waals surface area contributed by atoms with Crippen molar-refractivity contribution in [3.63, 3.8) is 0 Å². The van der Waals surface area contributed by atoms with Gasteiger partial charge in [0.15, 0.2) is 0 Å². The summed E-state index contributed by atoms with van der Waals surface area (Å²) in [4.78, 5) is 23.8. The van der Waals surface area contributed by atoms with Crippen molar-refractivity contribution in [1.29, 1.82) is 0 Å². The van der Waals surface area contributed by atoms with Gasteiger partial charge in [0.2, 0.25) is 0 Å². The second-order valence-electron chi connectivity index (χ2n) is 7.63. The summed E-state index contributed by atoms with van der Waals surface area (Å²) in [5, 5.41) is 0. The molecule has 0 saturated heterocycles. The van der Waals surface area contributed by atoms with E-state index >= 15 is 0 Å². The molecule has 158 valence electrons. The molecule has 0 aromatic heterocycles. The zero-order valence-corrected chi connectivity index (χ0v) is 17.7. The third kappa shape index (κ3) is 5.01. The number of allylic oxidation sites excluding steroid dienone is 3. The van der Waals surface area contributed by atoms with Crippen LogP contribution < -0.4 is 0 Å². The van der Waals surface area contributed by atoms with Crippen molar-refractivity contribution in [2.75, 3.05) is 0 Å². The molecular weight excluding hydrogens is 396 g/mol. The van der Waals surface area contributed by atoms with Gasteiger partial charge in [-0.1, -0.05) is 97.1 Å². The standard InChI is InChI=1S/C29H24O3/c30-19-11-10-18-25(22-12-4-1-5-13-22)20-26(23-14-6-2-7-15-23)27-21-28(32-29(27)31)24-16-8-3-9-17-24/h1-17,19,21,25H,18,20H2/b11-10+,27-26+/t25-/m1/s1. The molecule has 0 spiro atoms. The fourth-order valence-electron chi connectivity index (χ4n) is 3.96. The summed E-state index contributed by atoms with van der Waals surface area (Å²) >= 11 is 0. The Morgan fingerprint density at radius 1 is 0.844 bits per heavy atom. The largest absolute Gasteiger partial charge is 0.422 e. The molecule has 0 fully saturated rings. The van der Waals surface area contributed by atoms with Gasteiger partial charge >= 0.3 is 5.97 Å². The molecule has 0 amide bonds. The van der Waals surface area contributed by atoms with E-state index in [0.717, 1.165) is 28.5 Å². The highest BCUT2D eigenvalue weighted by atomic mass is 16.5. The first-order valence-corrected chi connectivity index (χ1v) is 10.7. The highest BCUT2D eigenvalue weighted by molar-refractivity contribution is 6.07. The van der Waals surface area contributed by atoms with Crippen LogP contribution in [-0.2, 0) is 14.3 Å². The highest BCUT2D eigenvalue weighted by Gasteiger charge is 2.27. The van der Waals surface area contributed by atoms with Crippen molar-refractivity contribution in [3.05, 3.63) is 131 Å². The SMILES string of the molecule is O=C/C=C/C[C@H](C/C(=C1/C=C(c2ccccc2)OC1=O)c1ccccc1)c1ccccc1. The van der Waals surface area contributed by atoms with Crippen LogP contribution in [0.3, 0.4) is 0 Å². The van der Waals surface area contributed by atoms with Crippen LogP contribution in [0.4, 0.5) is 0 Å². The monoisotopic (exact) mass is 420 g/mol. The number of rotatable bonds is 8. The summed E-state index contributed by atoms with van der Waals surface area (Å²) < 4.78 is 5.65. The number of carbonyl (C=O) groups is 2. The second kappa shape index (κ2) is 10.4. The number of esters is 1. The van der Waals surface area contributed by atoms with Crippen molar-refractivity contribution in [2.45, 2.75) is 18.8 Å². The second-order valence-corrected chi connectivity index (χ2v) is 7.63. The van der Waals surface area contributed by atoms with Crippen molar-refractivity contribution in [2.24, 2.45) is 0 Å². The van der Waals surface area contributed by atoms with Gasteiger partial charge in [-0.05, 0) is 47.6 Å². The fraction of sp³-hybridized carbons (Fsp3) is 0.103. The first kappa shape index (κ1) is 21.3. The minimum Gasteiger partial charge on any atom is -0.422 e. The Balaban J connectivity index is 1.78. The molecule has 1 aliphatic rings. The van der Waals surface area contributed by atoms with Crippen LogP contribution in [0.25, 0.3) is 11.3 Å². The minimum atomic E-state index is -0.335. The first-order chi connectivity index (χ1) is 15.8. The predicted molar refractivity (Wildman–Crippen MR) is 127 cm³/mol. The van der Waals surface area contributed by atoms with E-state index in [1.165, 1.54) is 6.08 Å². The van der Waals surface area contributed by atoms with Gasteiger partial charge in [-0.25, -0.2) is 4.79 Å². The molecule has 3 aromatic carbocycles. The normalized spacial score (nSPS) is 15.9. The van der Waals surface area contributed by atoms with E-state index in [9.17, 15) is 9.59 Å². The van der Waals surface area contributed by atoms with Crippen molar-refractivity contribution < 1.29 is 14.3 Å². The maximum atomic E-state index is 13.0. The first-order valence-electron chi connectivity index (χ1n) is 10.7. The van der Waals surface area contributed by atoms with E-state index in [1.54, 1.807) is 0 Å². The van der Waals surface area contributed by atoms with E-state index in [4.69, 9.17) is 4.74 Å². The maximum Gasteiger partial charge on any atom is 0.343 e. The van der Waals surface area contributed by atoms with Gasteiger partial charge in [0.25, 0.3) is 0 Å². The molecule has 0 N–H and O–H groups in total. The Hall–Kier alpha value is -3.98. The van der Waals surface area contributed by atoms with Gasteiger partial charge in [0.05, 0.1) is 5.57 Å². The van der Waals surface area contributed by atoms with E-state index in [-0.39, 0.29) is 11.9 Å². The molecular formula is C29H24O3. The van der Waals surface area contributed by atoms with Gasteiger partial charge in [-0.3, -0.25) is 4.79 Å². The Bertz CT molecular complexity index is 1160. The molecule has 0 radical (unpaired) electrons. The van der Waals surface area contributed by atoms with Crippen LogP contribution in [0.5, 0.6) is 0 Å². The quantitative estimate of drug-likeness (QED) is 0.242. The average Bonchev–Trinajstić information content (AvgIpc) is 3.24. The van der Waals surface area contributed by atoms with E-state index in [1.807, 2.05) is 91.0 Å². The lowest BCUT2D eigenvalue weighted by atomic mass is 9.84. The molecule has 0 aliphatic carbocycles. The van der Waals surface area contributed by atoms with Gasteiger partial charge < -0.3 is 4.74 Å². The average molecular weight is 421 g/mol. The predicted octanol–water partition coefficient (Wildman–Crippen LogP) is 6.36. The van der Waals surface area contributed by atoms with Crippen LogP contribution in [0.1, 0.15) is 35.4 Å². The maximum absolute atomic E-state index is 13.0. The molecule has 3 heteroatoms. The van der Waals surface area contributed by atoms with Gasteiger partial charge in [0.1, 0.15) is 12.0 Å². The van der Waals surface area contributed by atoms with Crippen LogP contribution in [0.2, 0.25) is 0 Å². The smallest absolute Gasteiger partial charge is 0.343 e. The van der Waals surface area contributed by atoms with Crippen molar-refractivity contribution in [3.8, 4) is 0 Å². The minimum absolute atomic E-state index is 0.108. The fourth-order valence-corrected chi connectivity index (χ4v) is 3.96. The number of carbonyl (C=O) groups excluding carboxylic acids is 2. The molecule has 1 aliphatic heterocycles. The molecule has 32 heavy (non-hydrogen) atoms. The summed E-state index contributed by atoms with van der Waals surface area (Å²) in [6, 6.07) is 29.8. The number of hydrogen-bond donors (Lipinski definition) is 0. The Morgan fingerprint density at radius 3 is 2.12 bits per heavy atom. The molecule has 1 atom stereocenters. The Labute approximate surface area is 188 Å². The lowest BCUT2D eigenvalue weighted by Crippen LogP contribution is -2.05. The molecule has 0 unspecified atom stereocenters. The number of cyclic esters (lactones) is 1. The number of ether oxygens (including phenoxy) is 1. The third-order valence-electron chi connectivity index (χ3n) is 5.56. The Kier molecular flexibility index (Phi) is 6.88. The summed E-state index contributed by atoms with van der Waals surface area (Å²) in [5.41, 5.74) is 4.54. The summed E-state index contributed by atoms with van der Waals surface area (Å²) in [6.45, 7) is 0. The molecule has 0 saturated carbocycles. The van der Waals surface area contributed by atoms with Crippen molar-refractivity contribution >= 4 is 23.6 Å². The molecule has 3 nitrogen and oxygen atoms in total. The van der Waals surface area contributed by atoms with Gasteiger partial charge in [-0.15, -0.1) is 0 Å². The topological polar surface area (TPSA) is 43.4 Å². The summed E-state index contributed by atoms with van der Waals surface area (Å²) in [6.07, 6.45) is 7.39. The zero-order chi connectivity index (χ0) is 22.2. The molecule has 1 heterocycles. The Morgan fingerprint density at radius 2 is 1.47 bits per heavy atom. The number of benzene rings is 3. The summed E-state index contributed by atoms with van der Waals surface area (Å²) in [5.74, 6) is 0.339. The highest BCUT2D eigenvalue weighted by Crippen LogP contribution is 2.38. The lowest BCUT2D eigenvalue weighted by molar-refractivity contribution is -0.130. The van der Waals surface area contributed by atoms with Crippen LogP contribution in [0, 0.1) is 0 Å². The summed E-state index contributed by atoms with van der Waals surface area (Å²) in [7, 11) is 0. The van der Waals surface area contributed by atoms with Crippen LogP contribution in [-0.4, -0.2) is 12.3 Å². The van der Waals surface area contributed by atoms with Gasteiger partial charge in [0, 0.05) is 5.56 Å². The van der Waals surface area contributed by atoms with E-state index in [0.29, 0.717) is 24.2 Å².